The van der Waals surface area contributed by atoms with Crippen LogP contribution >= 0.6 is 0 Å². The zero-order valence-electron chi connectivity index (χ0n) is 8.28. The van der Waals surface area contributed by atoms with Crippen LogP contribution in [0.4, 0.5) is 0 Å². The van der Waals surface area contributed by atoms with E-state index in [2.05, 4.69) is 42.5 Å². The molecule has 0 amide bonds. The van der Waals surface area contributed by atoms with Crippen LogP contribution in [0, 0.1) is 0 Å². The molecule has 2 nitrogen and oxygen atoms in total. The number of imidazole rings is 1. The van der Waals surface area contributed by atoms with Gasteiger partial charge in [0.1, 0.15) is 0 Å². The van der Waals surface area contributed by atoms with Crippen LogP contribution in [-0.4, -0.2) is 27.8 Å². The molecule has 2 rings (SSSR count). The Hall–Kier alpha value is -0.511. The van der Waals surface area contributed by atoms with Gasteiger partial charge in [0.15, 0.2) is 0 Å². The molecule has 3 heteroatoms. The molecule has 0 aliphatic rings. The quantitative estimate of drug-likeness (QED) is 0.729. The first-order valence-corrected chi connectivity index (χ1v) is 14.5. The van der Waals surface area contributed by atoms with E-state index in [1.165, 1.54) is 0 Å². The van der Waals surface area contributed by atoms with Gasteiger partial charge in [0.25, 0.3) is 0 Å². The summed E-state index contributed by atoms with van der Waals surface area (Å²) in [5.74, 6) is 0. The van der Waals surface area contributed by atoms with Crippen molar-refractivity contribution in [1.82, 2.24) is 9.38 Å². The summed E-state index contributed by atoms with van der Waals surface area (Å²) in [6.07, 6.45) is 6.09. The Labute approximate surface area is 82.5 Å². The number of pyridine rings is 1. The molecule has 0 unspecified atom stereocenters. The van der Waals surface area contributed by atoms with Gasteiger partial charge in [0.05, 0.1) is 0 Å². The average Bonchev–Trinajstić information content (AvgIpc) is 2.47. The topological polar surface area (TPSA) is 17.3 Å². The fourth-order valence-electron chi connectivity index (χ4n) is 1.36. The van der Waals surface area contributed by atoms with Crippen LogP contribution in [0.5, 0.6) is 0 Å². The van der Waals surface area contributed by atoms with Crippen molar-refractivity contribution in [2.45, 2.75) is 14.8 Å². The van der Waals surface area contributed by atoms with Gasteiger partial charge in [0.2, 0.25) is 0 Å². The first-order valence-electron chi connectivity index (χ1n) is 4.50. The summed E-state index contributed by atoms with van der Waals surface area (Å²) in [7, 11) is 0. The van der Waals surface area contributed by atoms with E-state index >= 15 is 0 Å². The monoisotopic (exact) mass is 282 g/mol. The van der Waals surface area contributed by atoms with E-state index in [0.717, 1.165) is 5.65 Å². The summed E-state index contributed by atoms with van der Waals surface area (Å²) in [5, 5.41) is 0. The molecule has 68 valence electrons. The van der Waals surface area contributed by atoms with Gasteiger partial charge in [-0.15, -0.1) is 0 Å². The van der Waals surface area contributed by atoms with Gasteiger partial charge >= 0.3 is 82.5 Å². The van der Waals surface area contributed by atoms with Crippen LogP contribution in [0.25, 0.3) is 5.65 Å². The van der Waals surface area contributed by atoms with Crippen LogP contribution in [0.3, 0.4) is 0 Å². The third kappa shape index (κ3) is 1.72. The van der Waals surface area contributed by atoms with E-state index in [1.807, 2.05) is 12.4 Å². The third-order valence-corrected chi connectivity index (χ3v) is 8.04. The van der Waals surface area contributed by atoms with Crippen LogP contribution in [-0.2, 0) is 0 Å². The van der Waals surface area contributed by atoms with Crippen molar-refractivity contribution in [3.63, 3.8) is 0 Å². The number of hydrogen-bond acceptors (Lipinski definition) is 1. The molecule has 2 aromatic heterocycles. The number of aromatic nitrogens is 2. The summed E-state index contributed by atoms with van der Waals surface area (Å²) >= 11 is -1.88. The minimum atomic E-state index is -1.88. The molecule has 0 aliphatic carbocycles. The van der Waals surface area contributed by atoms with Gasteiger partial charge in [-0.25, -0.2) is 0 Å². The molecule has 0 N–H and O–H groups in total. The molecule has 0 spiro atoms. The van der Waals surface area contributed by atoms with Crippen molar-refractivity contribution >= 4 is 27.6 Å². The van der Waals surface area contributed by atoms with E-state index in [9.17, 15) is 0 Å². The van der Waals surface area contributed by atoms with Gasteiger partial charge in [-0.1, -0.05) is 0 Å². The molecule has 0 aliphatic heterocycles. The van der Waals surface area contributed by atoms with Gasteiger partial charge in [0, 0.05) is 0 Å². The zero-order valence-corrected chi connectivity index (χ0v) is 11.1. The van der Waals surface area contributed by atoms with Crippen molar-refractivity contribution in [3.8, 4) is 0 Å². The summed E-state index contributed by atoms with van der Waals surface area (Å²) in [5.41, 5.74) is 1.04. The molecule has 0 atom stereocenters. The second kappa shape index (κ2) is 3.01. The molecule has 0 saturated heterocycles. The van der Waals surface area contributed by atoms with E-state index in [1.54, 1.807) is 3.58 Å². The predicted molar refractivity (Wildman–Crippen MR) is 58.2 cm³/mol. The zero-order chi connectivity index (χ0) is 9.47. The molecule has 0 fully saturated rings. The molecular weight excluding hydrogens is 267 g/mol. The SMILES string of the molecule is [CH3][Sn]([CH3])([CH3])[c]1ccc2nccn2c1. The van der Waals surface area contributed by atoms with Crippen molar-refractivity contribution < 1.29 is 0 Å². The summed E-state index contributed by atoms with van der Waals surface area (Å²) in [4.78, 5) is 11.5. The molecule has 13 heavy (non-hydrogen) atoms. The number of nitrogens with zero attached hydrogens (tertiary/aromatic N) is 2. The van der Waals surface area contributed by atoms with E-state index in [-0.39, 0.29) is 0 Å². The third-order valence-electron chi connectivity index (χ3n) is 2.25. The first-order chi connectivity index (χ1) is 6.07. The molecule has 0 radical (unpaired) electrons. The van der Waals surface area contributed by atoms with Crippen molar-refractivity contribution in [1.29, 1.82) is 0 Å². The Morgan fingerprint density at radius 3 is 2.69 bits per heavy atom. The van der Waals surface area contributed by atoms with Crippen LogP contribution in [0.2, 0.25) is 14.8 Å². The van der Waals surface area contributed by atoms with Crippen LogP contribution in [0.15, 0.2) is 30.7 Å². The number of rotatable bonds is 1. The van der Waals surface area contributed by atoms with Gasteiger partial charge in [-0.3, -0.25) is 0 Å². The molecular formula is C10H14N2Sn. The van der Waals surface area contributed by atoms with E-state index in [4.69, 9.17) is 0 Å². The van der Waals surface area contributed by atoms with Crippen molar-refractivity contribution in [2.75, 3.05) is 0 Å². The van der Waals surface area contributed by atoms with E-state index in [0.29, 0.717) is 0 Å². The van der Waals surface area contributed by atoms with Crippen molar-refractivity contribution in [3.05, 3.63) is 30.7 Å². The Morgan fingerprint density at radius 2 is 2.00 bits per heavy atom. The van der Waals surface area contributed by atoms with Gasteiger partial charge < -0.3 is 0 Å². The van der Waals surface area contributed by atoms with E-state index < -0.39 is 18.4 Å². The first kappa shape index (κ1) is 9.06. The number of fused-ring (bicyclic) bond motifs is 1. The summed E-state index contributed by atoms with van der Waals surface area (Å²) in [6.45, 7) is 0. The minimum absolute atomic E-state index is 1.04. The molecule has 0 saturated carbocycles. The van der Waals surface area contributed by atoms with Crippen molar-refractivity contribution in [2.24, 2.45) is 0 Å². The summed E-state index contributed by atoms with van der Waals surface area (Å²) in [6, 6.07) is 4.34. The Morgan fingerprint density at radius 1 is 1.23 bits per heavy atom. The molecule has 2 heterocycles. The average molecular weight is 281 g/mol. The molecule has 2 aromatic rings. The van der Waals surface area contributed by atoms with Crippen LogP contribution in [0.1, 0.15) is 0 Å². The fourth-order valence-corrected chi connectivity index (χ4v) is 4.53. The predicted octanol–water partition coefficient (Wildman–Crippen LogP) is 1.88. The second-order valence-corrected chi connectivity index (χ2v) is 18.9. The second-order valence-electron chi connectivity index (χ2n) is 4.36. The Balaban J connectivity index is 2.61. The fraction of sp³-hybridized carbons (Fsp3) is 0.300. The number of hydrogen-bond donors (Lipinski definition) is 0. The van der Waals surface area contributed by atoms with Gasteiger partial charge in [-0.05, 0) is 0 Å². The standard InChI is InChI=1S/C7H5N2.3CH3.Sn/c1-2-5-9-6-4-8-7(9)3-1;;;;/h1,3-6H;3*1H3;. The maximum atomic E-state index is 4.23. The Kier molecular flexibility index (Phi) is 2.10. The summed E-state index contributed by atoms with van der Waals surface area (Å²) < 4.78 is 3.65. The maximum absolute atomic E-state index is 4.23. The normalized spacial score (nSPS) is 12.2. The van der Waals surface area contributed by atoms with Gasteiger partial charge in [-0.2, -0.15) is 0 Å². The Bertz CT molecular complexity index is 426. The molecule has 0 bridgehead atoms. The molecule has 0 aromatic carbocycles. The van der Waals surface area contributed by atoms with Crippen LogP contribution < -0.4 is 3.58 Å².